The van der Waals surface area contributed by atoms with E-state index in [1.807, 2.05) is 35.7 Å². The van der Waals surface area contributed by atoms with Crippen LogP contribution in [0.3, 0.4) is 0 Å². The maximum absolute atomic E-state index is 14.0. The highest BCUT2D eigenvalue weighted by molar-refractivity contribution is 7.92. The van der Waals surface area contributed by atoms with Crippen LogP contribution in [-0.2, 0) is 24.1 Å². The molecule has 10 heteroatoms. The Morgan fingerprint density at radius 2 is 1.78 bits per heavy atom. The SMILES string of the molecule is COc1ccc(-c2ccc([C@@]3(CC(=O)OC(C)(C)C)CCN(C(=O)c4ccsc4)CCS3(=O)=O)s2)cc1. The second kappa shape index (κ2) is 10.6. The largest absolute Gasteiger partial charge is 0.497 e. The second-order valence-electron chi connectivity index (χ2n) is 10.0. The predicted octanol–water partition coefficient (Wildman–Crippen LogP) is 5.37. The lowest BCUT2D eigenvalue weighted by atomic mass is 9.97. The molecule has 1 atom stereocenters. The van der Waals surface area contributed by atoms with E-state index in [0.29, 0.717) is 10.4 Å². The molecular formula is C27H31NO6S3. The van der Waals surface area contributed by atoms with E-state index in [1.54, 1.807) is 50.3 Å². The van der Waals surface area contributed by atoms with Crippen molar-refractivity contribution in [3.05, 3.63) is 63.7 Å². The number of benzene rings is 1. The smallest absolute Gasteiger partial charge is 0.308 e. The summed E-state index contributed by atoms with van der Waals surface area (Å²) < 4.78 is 37.2. The molecule has 0 N–H and O–H groups in total. The number of amides is 1. The molecule has 37 heavy (non-hydrogen) atoms. The van der Waals surface area contributed by atoms with Gasteiger partial charge in [0.2, 0.25) is 0 Å². The zero-order valence-electron chi connectivity index (χ0n) is 21.4. The van der Waals surface area contributed by atoms with Crippen LogP contribution in [-0.4, -0.2) is 56.7 Å². The van der Waals surface area contributed by atoms with E-state index in [9.17, 15) is 18.0 Å². The van der Waals surface area contributed by atoms with Crippen molar-refractivity contribution in [2.45, 2.75) is 44.0 Å². The molecule has 0 unspecified atom stereocenters. The van der Waals surface area contributed by atoms with Crippen LogP contribution in [0.2, 0.25) is 0 Å². The number of rotatable bonds is 6. The molecule has 0 bridgehead atoms. The summed E-state index contributed by atoms with van der Waals surface area (Å²) in [5.74, 6) is -0.284. The third kappa shape index (κ3) is 5.91. The minimum absolute atomic E-state index is 0.0732. The zero-order chi connectivity index (χ0) is 26.8. The van der Waals surface area contributed by atoms with Crippen LogP contribution in [0.1, 0.15) is 48.8 Å². The molecule has 0 spiro atoms. The first-order valence-corrected chi connectivity index (χ1v) is 15.4. The van der Waals surface area contributed by atoms with Crippen LogP contribution in [0.4, 0.5) is 0 Å². The van der Waals surface area contributed by atoms with E-state index in [2.05, 4.69) is 0 Å². The number of carbonyl (C=O) groups excluding carboxylic acids is 2. The number of nitrogens with zero attached hydrogens (tertiary/aromatic N) is 1. The fourth-order valence-corrected chi connectivity index (χ4v) is 8.67. The molecule has 0 aliphatic carbocycles. The molecule has 0 radical (unpaired) electrons. The molecule has 198 valence electrons. The van der Waals surface area contributed by atoms with Gasteiger partial charge in [0.05, 0.1) is 24.8 Å². The maximum atomic E-state index is 14.0. The van der Waals surface area contributed by atoms with Crippen LogP contribution in [0, 0.1) is 0 Å². The summed E-state index contributed by atoms with van der Waals surface area (Å²) in [5, 5.41) is 3.58. The first kappa shape index (κ1) is 27.3. The van der Waals surface area contributed by atoms with Gasteiger partial charge in [-0.05, 0) is 80.6 Å². The zero-order valence-corrected chi connectivity index (χ0v) is 23.8. The number of hydrogen-bond acceptors (Lipinski definition) is 8. The van der Waals surface area contributed by atoms with Gasteiger partial charge < -0.3 is 14.4 Å². The molecule has 1 fully saturated rings. The van der Waals surface area contributed by atoms with Crippen molar-refractivity contribution in [3.63, 3.8) is 0 Å². The number of sulfone groups is 1. The molecule has 0 saturated carbocycles. The Kier molecular flexibility index (Phi) is 7.83. The predicted molar refractivity (Wildman–Crippen MR) is 147 cm³/mol. The molecule has 7 nitrogen and oxygen atoms in total. The lowest BCUT2D eigenvalue weighted by Gasteiger charge is -2.31. The van der Waals surface area contributed by atoms with Crippen molar-refractivity contribution in [3.8, 4) is 16.2 Å². The van der Waals surface area contributed by atoms with Gasteiger partial charge in [-0.15, -0.1) is 11.3 Å². The Hall–Kier alpha value is -2.69. The quantitative estimate of drug-likeness (QED) is 0.376. The topological polar surface area (TPSA) is 90.0 Å². The molecule has 1 amide bonds. The number of carbonyl (C=O) groups is 2. The molecule has 3 aromatic rings. The molecule has 2 aromatic heterocycles. The molecule has 1 saturated heterocycles. The Bertz CT molecular complexity index is 1350. The molecule has 1 aromatic carbocycles. The monoisotopic (exact) mass is 561 g/mol. The van der Waals surface area contributed by atoms with Crippen molar-refractivity contribution in [2.24, 2.45) is 0 Å². The molecule has 4 rings (SSSR count). The van der Waals surface area contributed by atoms with Crippen LogP contribution >= 0.6 is 22.7 Å². The number of methoxy groups -OCH3 is 1. The Morgan fingerprint density at radius 3 is 2.41 bits per heavy atom. The van der Waals surface area contributed by atoms with Crippen molar-refractivity contribution in [2.75, 3.05) is 26.0 Å². The van der Waals surface area contributed by atoms with Crippen molar-refractivity contribution in [1.29, 1.82) is 0 Å². The average molecular weight is 562 g/mol. The van der Waals surface area contributed by atoms with Gasteiger partial charge in [-0.2, -0.15) is 11.3 Å². The van der Waals surface area contributed by atoms with Gasteiger partial charge in [-0.25, -0.2) is 8.42 Å². The minimum Gasteiger partial charge on any atom is -0.497 e. The molecule has 1 aliphatic rings. The van der Waals surface area contributed by atoms with Crippen LogP contribution < -0.4 is 4.74 Å². The van der Waals surface area contributed by atoms with Crippen molar-refractivity contribution < 1.29 is 27.5 Å². The Morgan fingerprint density at radius 1 is 1.05 bits per heavy atom. The summed E-state index contributed by atoms with van der Waals surface area (Å²) in [6.45, 7) is 5.56. The van der Waals surface area contributed by atoms with E-state index < -0.39 is 26.2 Å². The summed E-state index contributed by atoms with van der Waals surface area (Å²) in [7, 11) is -2.24. The third-order valence-electron chi connectivity index (χ3n) is 6.35. The summed E-state index contributed by atoms with van der Waals surface area (Å²) >= 11 is 2.77. The standard InChI is InChI=1S/C27H31NO6S3/c1-26(2,3)34-24(29)17-27(23-10-9-22(36-23)19-5-7-21(33-4)8-6-19)12-13-28(14-16-37(27,31)32)25(30)20-11-15-35-18-20/h5-11,15,18H,12-14,16-17H2,1-4H3/t27-/m0/s1. The molecular weight excluding hydrogens is 530 g/mol. The van der Waals surface area contributed by atoms with E-state index in [1.165, 1.54) is 22.7 Å². The van der Waals surface area contributed by atoms with Crippen molar-refractivity contribution in [1.82, 2.24) is 4.90 Å². The Labute approximate surface area is 226 Å². The summed E-state index contributed by atoms with van der Waals surface area (Å²) in [4.78, 5) is 29.2. The van der Waals surface area contributed by atoms with Crippen molar-refractivity contribution >= 4 is 44.4 Å². The van der Waals surface area contributed by atoms with E-state index in [-0.39, 0.29) is 37.6 Å². The first-order valence-electron chi connectivity index (χ1n) is 11.9. The lowest BCUT2D eigenvalue weighted by Crippen LogP contribution is -2.40. The summed E-state index contributed by atoms with van der Waals surface area (Å²) in [6, 6.07) is 12.9. The minimum atomic E-state index is -3.84. The highest BCUT2D eigenvalue weighted by Crippen LogP contribution is 2.46. The molecule has 3 heterocycles. The van der Waals surface area contributed by atoms with Gasteiger partial charge in [0.15, 0.2) is 9.84 Å². The van der Waals surface area contributed by atoms with Crippen LogP contribution in [0.5, 0.6) is 5.75 Å². The highest BCUT2D eigenvalue weighted by atomic mass is 32.2. The van der Waals surface area contributed by atoms with Gasteiger partial charge >= 0.3 is 5.97 Å². The van der Waals surface area contributed by atoms with Gasteiger partial charge in [-0.3, -0.25) is 9.59 Å². The maximum Gasteiger partial charge on any atom is 0.308 e. The fraction of sp³-hybridized carbons (Fsp3) is 0.407. The third-order valence-corrected chi connectivity index (χ3v) is 11.0. The molecule has 1 aliphatic heterocycles. The number of thiophene rings is 2. The summed E-state index contributed by atoms with van der Waals surface area (Å²) in [6.07, 6.45) is -0.206. The summed E-state index contributed by atoms with van der Waals surface area (Å²) in [5.41, 5.74) is 0.710. The number of hydrogen-bond donors (Lipinski definition) is 0. The van der Waals surface area contributed by atoms with E-state index in [0.717, 1.165) is 16.2 Å². The Balaban J connectivity index is 1.73. The van der Waals surface area contributed by atoms with Gasteiger partial charge in [0.1, 0.15) is 16.1 Å². The average Bonchev–Trinajstić information content (AvgIpc) is 3.52. The van der Waals surface area contributed by atoms with E-state index in [4.69, 9.17) is 9.47 Å². The fourth-order valence-electron chi connectivity index (χ4n) is 4.45. The van der Waals surface area contributed by atoms with Gasteiger partial charge in [0, 0.05) is 28.2 Å². The van der Waals surface area contributed by atoms with E-state index >= 15 is 0 Å². The second-order valence-corrected chi connectivity index (χ2v) is 14.3. The van der Waals surface area contributed by atoms with Gasteiger partial charge in [0.25, 0.3) is 5.91 Å². The first-order chi connectivity index (χ1) is 17.4. The normalized spacial score (nSPS) is 19.7. The lowest BCUT2D eigenvalue weighted by molar-refractivity contribution is -0.155. The van der Waals surface area contributed by atoms with Crippen LogP contribution in [0.25, 0.3) is 10.4 Å². The number of ether oxygens (including phenoxy) is 2. The van der Waals surface area contributed by atoms with Crippen LogP contribution in [0.15, 0.2) is 53.2 Å². The highest BCUT2D eigenvalue weighted by Gasteiger charge is 2.50. The number of esters is 1. The van der Waals surface area contributed by atoms with Gasteiger partial charge in [-0.1, -0.05) is 0 Å².